The van der Waals surface area contributed by atoms with Crippen molar-refractivity contribution in [1.29, 1.82) is 0 Å². The molecule has 13 heteroatoms. The molecule has 1 aliphatic heterocycles. The summed E-state index contributed by atoms with van der Waals surface area (Å²) in [5, 5.41) is 64.5. The summed E-state index contributed by atoms with van der Waals surface area (Å²) in [6.45, 7) is 3.95. The Morgan fingerprint density at radius 1 is 1.19 bits per heavy atom. The lowest BCUT2D eigenvalue weighted by atomic mass is 9.88. The van der Waals surface area contributed by atoms with E-state index in [4.69, 9.17) is 9.47 Å². The highest BCUT2D eigenvalue weighted by molar-refractivity contribution is 5.86. The number of aliphatic hydroxyl groups is 5. The maximum absolute atomic E-state index is 13.2. The molecule has 0 bridgehead atoms. The molecule has 1 aromatic rings. The first-order valence-corrected chi connectivity index (χ1v) is 11.3. The van der Waals surface area contributed by atoms with E-state index < -0.39 is 78.9 Å². The number of rotatable bonds is 9. The number of aliphatic carboxylic acids is 1. The summed E-state index contributed by atoms with van der Waals surface area (Å²) in [7, 11) is 0. The zero-order valence-corrected chi connectivity index (χ0v) is 20.2. The molecule has 1 aliphatic rings. The van der Waals surface area contributed by atoms with E-state index in [2.05, 4.69) is 10.6 Å². The number of hydrogen-bond acceptors (Lipinski definition) is 10. The fraction of sp³-hybridized carbons (Fsp3) is 0.609. The van der Waals surface area contributed by atoms with Crippen molar-refractivity contribution < 1.29 is 54.5 Å². The second-order valence-electron chi connectivity index (χ2n) is 9.61. The highest BCUT2D eigenvalue weighted by atomic mass is 16.7. The molecule has 0 radical (unpaired) electrons. The number of carboxylic acids is 1. The van der Waals surface area contributed by atoms with E-state index in [-0.39, 0.29) is 6.42 Å². The number of hydrogen-bond donors (Lipinski definition) is 8. The average molecular weight is 515 g/mol. The molecular weight excluding hydrogens is 480 g/mol. The Bertz CT molecular complexity index is 907. The van der Waals surface area contributed by atoms with Crippen LogP contribution in [0.25, 0.3) is 0 Å². The Kier molecular flexibility index (Phi) is 9.77. The fourth-order valence-electron chi connectivity index (χ4n) is 3.67. The third-order valence-corrected chi connectivity index (χ3v) is 5.44. The van der Waals surface area contributed by atoms with Gasteiger partial charge in [0.2, 0.25) is 5.91 Å². The maximum atomic E-state index is 13.2. The quantitative estimate of drug-likeness (QED) is 0.185. The molecule has 1 saturated heterocycles. The van der Waals surface area contributed by atoms with E-state index in [0.717, 1.165) is 0 Å². The van der Waals surface area contributed by atoms with Gasteiger partial charge in [-0.05, 0) is 26.3 Å². The fourth-order valence-corrected chi connectivity index (χ4v) is 3.67. The van der Waals surface area contributed by atoms with Gasteiger partial charge < -0.3 is 50.7 Å². The molecule has 36 heavy (non-hydrogen) atoms. The van der Waals surface area contributed by atoms with Crippen molar-refractivity contribution in [3.63, 3.8) is 0 Å². The van der Waals surface area contributed by atoms with Crippen LogP contribution in [0, 0.1) is 0 Å². The minimum atomic E-state index is -2.93. The summed E-state index contributed by atoms with van der Waals surface area (Å²) >= 11 is 0. The number of benzene rings is 1. The van der Waals surface area contributed by atoms with Crippen molar-refractivity contribution in [2.45, 2.75) is 81.5 Å². The van der Waals surface area contributed by atoms with Crippen LogP contribution in [-0.4, -0.2) is 103 Å². The van der Waals surface area contributed by atoms with Gasteiger partial charge >= 0.3 is 12.1 Å². The number of amides is 2. The van der Waals surface area contributed by atoms with Crippen molar-refractivity contribution >= 4 is 18.0 Å². The molecule has 1 heterocycles. The molecule has 8 N–H and O–H groups in total. The normalized spacial score (nSPS) is 26.8. The van der Waals surface area contributed by atoms with Crippen molar-refractivity contribution in [3.8, 4) is 0 Å². The van der Waals surface area contributed by atoms with Crippen molar-refractivity contribution in [2.75, 3.05) is 6.61 Å². The number of carbonyl (C=O) groups excluding carboxylic acids is 2. The summed E-state index contributed by atoms with van der Waals surface area (Å²) in [6.07, 6.45) is -9.24. The van der Waals surface area contributed by atoms with Crippen LogP contribution in [0.15, 0.2) is 30.3 Å². The number of nitrogens with one attached hydrogen (secondary N) is 2. The van der Waals surface area contributed by atoms with Gasteiger partial charge in [-0.1, -0.05) is 30.3 Å². The molecule has 0 aliphatic carbocycles. The van der Waals surface area contributed by atoms with Crippen LogP contribution in [0.4, 0.5) is 4.79 Å². The van der Waals surface area contributed by atoms with Gasteiger partial charge in [-0.15, -0.1) is 0 Å². The second-order valence-corrected chi connectivity index (χ2v) is 9.61. The molecule has 1 fully saturated rings. The van der Waals surface area contributed by atoms with Gasteiger partial charge in [-0.2, -0.15) is 0 Å². The Morgan fingerprint density at radius 2 is 1.81 bits per heavy atom. The van der Waals surface area contributed by atoms with Crippen LogP contribution in [0.3, 0.4) is 0 Å². The van der Waals surface area contributed by atoms with E-state index in [1.165, 1.54) is 0 Å². The first kappa shape index (κ1) is 29.4. The first-order valence-electron chi connectivity index (χ1n) is 11.3. The third kappa shape index (κ3) is 7.85. The van der Waals surface area contributed by atoms with Gasteiger partial charge in [0.1, 0.15) is 30.0 Å². The van der Waals surface area contributed by atoms with Crippen molar-refractivity contribution in [3.05, 3.63) is 35.9 Å². The maximum Gasteiger partial charge on any atom is 0.408 e. The van der Waals surface area contributed by atoms with Gasteiger partial charge in [-0.3, -0.25) is 4.79 Å². The zero-order valence-electron chi connectivity index (χ0n) is 20.2. The highest BCUT2D eigenvalue weighted by Crippen LogP contribution is 2.30. The number of ether oxygens (including phenoxy) is 2. The highest BCUT2D eigenvalue weighted by Gasteiger charge is 2.54. The van der Waals surface area contributed by atoms with Crippen LogP contribution >= 0.6 is 0 Å². The number of carbonyl (C=O) groups is 3. The lowest BCUT2D eigenvalue weighted by Crippen LogP contribution is -2.68. The molecule has 202 valence electrons. The molecule has 0 aromatic heterocycles. The molecule has 13 nitrogen and oxygen atoms in total. The lowest BCUT2D eigenvalue weighted by molar-refractivity contribution is -0.295. The van der Waals surface area contributed by atoms with Gasteiger partial charge in [-0.25, -0.2) is 9.59 Å². The van der Waals surface area contributed by atoms with Crippen molar-refractivity contribution in [1.82, 2.24) is 10.6 Å². The molecule has 0 spiro atoms. The van der Waals surface area contributed by atoms with Crippen LogP contribution in [0.2, 0.25) is 0 Å². The van der Waals surface area contributed by atoms with Gasteiger partial charge in [0.25, 0.3) is 5.79 Å². The molecule has 2 amide bonds. The van der Waals surface area contributed by atoms with Gasteiger partial charge in [0.05, 0.1) is 18.8 Å². The number of alkyl carbamates (subject to hydrolysis) is 1. The number of carboxylic acid groups (broad SMARTS) is 1. The summed E-state index contributed by atoms with van der Waals surface area (Å²) in [4.78, 5) is 37.1. The molecular formula is C23H34N2O11. The molecule has 7 atom stereocenters. The van der Waals surface area contributed by atoms with Gasteiger partial charge in [0.15, 0.2) is 0 Å². The van der Waals surface area contributed by atoms with Crippen LogP contribution < -0.4 is 10.6 Å². The van der Waals surface area contributed by atoms with E-state index in [1.807, 2.05) is 0 Å². The molecule has 2 rings (SSSR count). The third-order valence-electron chi connectivity index (χ3n) is 5.44. The summed E-state index contributed by atoms with van der Waals surface area (Å²) in [5.41, 5.74) is -0.191. The summed E-state index contributed by atoms with van der Waals surface area (Å²) in [6, 6.07) is 5.87. The minimum absolute atomic E-state index is 0.00113. The van der Waals surface area contributed by atoms with Crippen LogP contribution in [0.5, 0.6) is 0 Å². The minimum Gasteiger partial charge on any atom is -0.477 e. The van der Waals surface area contributed by atoms with Crippen molar-refractivity contribution in [2.24, 2.45) is 0 Å². The Hall–Kier alpha value is -2.81. The molecule has 1 aromatic carbocycles. The van der Waals surface area contributed by atoms with E-state index in [1.54, 1.807) is 51.1 Å². The SMILES string of the molecule is CC(C)(C)OC(=O)N[C@@H](Cc1ccccc1)C(=O)N[C@H]1C(C(O)C(O)CO)O[C@](O)(C(=O)O)C[C@H]1O. The van der Waals surface area contributed by atoms with Gasteiger partial charge in [0, 0.05) is 12.8 Å². The van der Waals surface area contributed by atoms with E-state index in [9.17, 15) is 45.0 Å². The Balaban J connectivity index is 2.32. The smallest absolute Gasteiger partial charge is 0.408 e. The second kappa shape index (κ2) is 12.0. The summed E-state index contributed by atoms with van der Waals surface area (Å²) < 4.78 is 10.3. The summed E-state index contributed by atoms with van der Waals surface area (Å²) in [5.74, 6) is -5.65. The van der Waals surface area contributed by atoms with E-state index in [0.29, 0.717) is 5.56 Å². The largest absolute Gasteiger partial charge is 0.477 e. The Morgan fingerprint density at radius 3 is 2.33 bits per heavy atom. The number of aliphatic hydroxyl groups excluding tert-OH is 4. The molecule has 0 saturated carbocycles. The topological polar surface area (TPSA) is 215 Å². The standard InChI is InChI=1S/C23H34N2O11/c1-22(2,3)36-21(33)24-13(9-12-7-5-4-6-8-12)19(30)25-16-14(27)10-23(34,20(31)32)35-18(16)17(29)15(28)11-26/h4-8,13-18,26-29,34H,9-11H2,1-3H3,(H,24,33)(H,25,30)(H,31,32)/t13-,14+,15?,16+,17?,18?,23-/m0/s1. The van der Waals surface area contributed by atoms with Crippen LogP contribution in [0.1, 0.15) is 32.8 Å². The van der Waals surface area contributed by atoms with Crippen LogP contribution in [-0.2, 0) is 25.5 Å². The van der Waals surface area contributed by atoms with E-state index >= 15 is 0 Å². The zero-order chi connectivity index (χ0) is 27.3. The average Bonchev–Trinajstić information content (AvgIpc) is 2.78. The molecule has 3 unspecified atom stereocenters. The monoisotopic (exact) mass is 514 g/mol. The predicted molar refractivity (Wildman–Crippen MR) is 122 cm³/mol. The first-order chi connectivity index (χ1) is 16.7. The predicted octanol–water partition coefficient (Wildman–Crippen LogP) is -1.76. The lowest BCUT2D eigenvalue weighted by Gasteiger charge is -2.45. The Labute approximate surface area is 207 Å².